The molecule has 0 spiro atoms. The summed E-state index contributed by atoms with van der Waals surface area (Å²) >= 11 is 1.52. The highest BCUT2D eigenvalue weighted by molar-refractivity contribution is 8.00. The van der Waals surface area contributed by atoms with Gasteiger partial charge in [-0.2, -0.15) is 0 Å². The maximum Gasteiger partial charge on any atom is 0.251 e. The van der Waals surface area contributed by atoms with Gasteiger partial charge in [-0.1, -0.05) is 0 Å². The molecule has 0 radical (unpaired) electrons. The number of nitrogens with one attached hydrogen (secondary N) is 2. The van der Waals surface area contributed by atoms with Crippen molar-refractivity contribution in [3.05, 3.63) is 63.8 Å². The summed E-state index contributed by atoms with van der Waals surface area (Å²) in [5.74, 6) is 1.40. The van der Waals surface area contributed by atoms with Gasteiger partial charge in [0.15, 0.2) is 0 Å². The Morgan fingerprint density at radius 3 is 2.81 bits per heavy atom. The average molecular weight is 553 g/mol. The van der Waals surface area contributed by atoms with Gasteiger partial charge in [0.1, 0.15) is 11.6 Å². The van der Waals surface area contributed by atoms with Crippen LogP contribution in [0.15, 0.2) is 46.1 Å². The number of pyridine rings is 2. The Kier molecular flexibility index (Phi) is 8.26. The van der Waals surface area contributed by atoms with E-state index in [-0.39, 0.29) is 48.0 Å². The second-order valence-corrected chi connectivity index (χ2v) is 10.4. The first-order valence-electron chi connectivity index (χ1n) is 11.7. The van der Waals surface area contributed by atoms with Gasteiger partial charge in [-0.3, -0.25) is 9.59 Å². The van der Waals surface area contributed by atoms with Crippen LogP contribution in [0.25, 0.3) is 10.9 Å². The minimum atomic E-state index is -0.209. The van der Waals surface area contributed by atoms with Crippen molar-refractivity contribution in [1.82, 2.24) is 19.8 Å². The maximum atomic E-state index is 14.8. The lowest BCUT2D eigenvalue weighted by molar-refractivity contribution is -0.113. The largest absolute Gasteiger partial charge is 0.311 e. The Hall–Kier alpha value is -2.17. The number of likely N-dealkylation sites (tertiary alicyclic amines) is 1. The zero-order chi connectivity index (χ0) is 23.2. The van der Waals surface area contributed by atoms with Crippen LogP contribution in [0.1, 0.15) is 23.6 Å². The molecular formula is C25H28Cl2FN5O2S. The third-order valence-electron chi connectivity index (χ3n) is 7.07. The number of rotatable bonds is 6. The van der Waals surface area contributed by atoms with E-state index in [1.165, 1.54) is 17.8 Å². The molecule has 36 heavy (non-hydrogen) atoms. The summed E-state index contributed by atoms with van der Waals surface area (Å²) in [5.41, 5.74) is 2.32. The number of halogens is 3. The monoisotopic (exact) mass is 551 g/mol. The first-order chi connectivity index (χ1) is 16.5. The fraction of sp³-hybridized carbons (Fsp3) is 0.400. The lowest BCUT2D eigenvalue weighted by Crippen LogP contribution is -2.30. The van der Waals surface area contributed by atoms with Crippen LogP contribution < -0.4 is 16.2 Å². The summed E-state index contributed by atoms with van der Waals surface area (Å²) in [6.45, 7) is 4.77. The van der Waals surface area contributed by atoms with E-state index in [0.717, 1.165) is 54.1 Å². The molecule has 1 unspecified atom stereocenters. The summed E-state index contributed by atoms with van der Waals surface area (Å²) in [5, 5.41) is 7.28. The average Bonchev–Trinajstić information content (AvgIpc) is 3.44. The predicted octanol–water partition coefficient (Wildman–Crippen LogP) is 3.63. The van der Waals surface area contributed by atoms with Crippen LogP contribution >= 0.6 is 36.6 Å². The zero-order valence-corrected chi connectivity index (χ0v) is 22.0. The summed E-state index contributed by atoms with van der Waals surface area (Å²) in [6, 6.07) is 10.7. The molecule has 1 fully saturated rings. The molecule has 7 nitrogen and oxygen atoms in total. The quantitative estimate of drug-likeness (QED) is 0.487. The van der Waals surface area contributed by atoms with E-state index in [1.54, 1.807) is 22.8 Å². The number of aromatic nitrogens is 2. The summed E-state index contributed by atoms with van der Waals surface area (Å²) in [7, 11) is 0. The molecule has 11 heteroatoms. The van der Waals surface area contributed by atoms with Crippen molar-refractivity contribution in [2.45, 2.75) is 30.3 Å². The van der Waals surface area contributed by atoms with Crippen molar-refractivity contribution < 1.29 is 9.18 Å². The van der Waals surface area contributed by atoms with Gasteiger partial charge in [-0.05, 0) is 61.1 Å². The molecule has 3 aliphatic rings. The highest BCUT2D eigenvalue weighted by atomic mass is 35.5. The van der Waals surface area contributed by atoms with Crippen molar-refractivity contribution in [1.29, 1.82) is 0 Å². The number of benzene rings is 1. The van der Waals surface area contributed by atoms with E-state index in [0.29, 0.717) is 36.1 Å². The number of amides is 1. The van der Waals surface area contributed by atoms with Gasteiger partial charge in [0.25, 0.3) is 5.56 Å². The molecule has 5 heterocycles. The van der Waals surface area contributed by atoms with Gasteiger partial charge in [-0.15, -0.1) is 36.6 Å². The lowest BCUT2D eigenvalue weighted by Gasteiger charge is -2.21. The zero-order valence-electron chi connectivity index (χ0n) is 19.5. The van der Waals surface area contributed by atoms with Crippen molar-refractivity contribution in [3.8, 4) is 0 Å². The highest BCUT2D eigenvalue weighted by Gasteiger charge is 2.32. The molecule has 0 bridgehead atoms. The normalized spacial score (nSPS) is 20.5. The predicted molar refractivity (Wildman–Crippen MR) is 145 cm³/mol. The first kappa shape index (κ1) is 26.9. The Morgan fingerprint density at radius 2 is 1.94 bits per heavy atom. The Balaban J connectivity index is 0.00000152. The second-order valence-electron chi connectivity index (χ2n) is 9.41. The number of carbonyl (C=O) groups is 1. The van der Waals surface area contributed by atoms with Gasteiger partial charge < -0.3 is 20.1 Å². The Morgan fingerprint density at radius 1 is 1.11 bits per heavy atom. The molecule has 2 aromatic heterocycles. The van der Waals surface area contributed by atoms with E-state index in [2.05, 4.69) is 20.5 Å². The Bertz CT molecular complexity index is 1350. The molecule has 2 atom stereocenters. The van der Waals surface area contributed by atoms with Crippen LogP contribution in [-0.4, -0.2) is 52.3 Å². The molecule has 0 aliphatic carbocycles. The fourth-order valence-electron chi connectivity index (χ4n) is 5.49. The number of fused-ring (bicyclic) bond motifs is 1. The minimum Gasteiger partial charge on any atom is -0.311 e. The van der Waals surface area contributed by atoms with Crippen LogP contribution in [0.4, 0.5) is 10.2 Å². The Labute approximate surface area is 225 Å². The summed E-state index contributed by atoms with van der Waals surface area (Å²) in [4.78, 5) is 32.0. The van der Waals surface area contributed by atoms with Gasteiger partial charge >= 0.3 is 0 Å². The van der Waals surface area contributed by atoms with Crippen LogP contribution in [0.3, 0.4) is 0 Å². The third-order valence-corrected chi connectivity index (χ3v) is 8.11. The van der Waals surface area contributed by atoms with E-state index in [4.69, 9.17) is 0 Å². The molecule has 3 aliphatic heterocycles. The topological polar surface area (TPSA) is 79.3 Å². The number of thioether (sulfide) groups is 1. The number of hydrogen-bond acceptors (Lipinski definition) is 6. The number of anilines is 1. The van der Waals surface area contributed by atoms with E-state index < -0.39 is 0 Å². The van der Waals surface area contributed by atoms with Crippen molar-refractivity contribution in [2.75, 3.05) is 37.2 Å². The molecule has 192 valence electrons. The fourth-order valence-corrected chi connectivity index (χ4v) is 6.25. The van der Waals surface area contributed by atoms with Crippen LogP contribution in [0.5, 0.6) is 0 Å². The molecule has 6 rings (SSSR count). The maximum absolute atomic E-state index is 14.8. The molecule has 1 saturated heterocycles. The molecule has 1 amide bonds. The lowest BCUT2D eigenvalue weighted by atomic mass is 9.98. The molecule has 2 N–H and O–H groups in total. The molecule has 0 saturated carbocycles. The van der Waals surface area contributed by atoms with Gasteiger partial charge in [0.2, 0.25) is 5.91 Å². The van der Waals surface area contributed by atoms with Gasteiger partial charge in [-0.25, -0.2) is 9.37 Å². The summed E-state index contributed by atoms with van der Waals surface area (Å²) < 4.78 is 16.5. The third kappa shape index (κ3) is 5.13. The minimum absolute atomic E-state index is 0. The van der Waals surface area contributed by atoms with Crippen LogP contribution in [0.2, 0.25) is 0 Å². The molecule has 3 aromatic rings. The first-order valence-corrected chi connectivity index (χ1v) is 12.7. The summed E-state index contributed by atoms with van der Waals surface area (Å²) in [6.07, 6.45) is 1.09. The van der Waals surface area contributed by atoms with Crippen molar-refractivity contribution >= 4 is 59.2 Å². The smallest absolute Gasteiger partial charge is 0.251 e. The van der Waals surface area contributed by atoms with Gasteiger partial charge in [0, 0.05) is 43.7 Å². The number of carbonyl (C=O) groups excluding carboxylic acids is 1. The SMILES string of the molecule is Cl.Cl.O=C1CSc2ccc(CNC[C@H]3CCN(CC4Cn5c(=O)ccc6ccc(F)c4c65)C3)nc2N1. The van der Waals surface area contributed by atoms with Crippen molar-refractivity contribution in [2.24, 2.45) is 5.92 Å². The van der Waals surface area contributed by atoms with E-state index in [9.17, 15) is 14.0 Å². The number of nitrogens with zero attached hydrogens (tertiary/aromatic N) is 3. The number of hydrogen-bond donors (Lipinski definition) is 2. The molecular weight excluding hydrogens is 524 g/mol. The second kappa shape index (κ2) is 11.1. The standard InChI is InChI=1S/C25H26FN5O2S.2ClH/c26-19-4-1-16-2-6-22(33)31-13-17(23(19)24(16)31)12-30-8-7-15(11-30)9-27-10-18-3-5-20-25(28-18)29-21(32)14-34-20;;/h1-6,15,17,27H,7-14H2,(H,28,29,32);2*1H/t15-,17?;;/m1../s1. The van der Waals surface area contributed by atoms with Gasteiger partial charge in [0.05, 0.1) is 21.9 Å². The van der Waals surface area contributed by atoms with Crippen LogP contribution in [0, 0.1) is 11.7 Å². The molecule has 1 aromatic carbocycles. The van der Waals surface area contributed by atoms with E-state index >= 15 is 0 Å². The van der Waals surface area contributed by atoms with Crippen molar-refractivity contribution in [3.63, 3.8) is 0 Å². The van der Waals surface area contributed by atoms with E-state index in [1.807, 2.05) is 12.1 Å². The highest BCUT2D eigenvalue weighted by Crippen LogP contribution is 2.36. The van der Waals surface area contributed by atoms with Crippen LogP contribution in [-0.2, 0) is 17.9 Å².